The number of nitrogens with zero attached hydrogens (tertiary/aromatic N) is 2. The predicted octanol–water partition coefficient (Wildman–Crippen LogP) is 5.43. The number of allylic oxidation sites excluding steroid dienone is 2. The molecular weight excluding hydrogens is 718 g/mol. The Morgan fingerprint density at radius 1 is 0.929 bits per heavy atom. The van der Waals surface area contributed by atoms with Crippen LogP contribution in [0.1, 0.15) is 63.0 Å². The number of anilines is 1. The number of methoxy groups -OCH3 is 1. The number of amides is 1. The van der Waals surface area contributed by atoms with Crippen molar-refractivity contribution < 1.29 is 44.2 Å². The van der Waals surface area contributed by atoms with Crippen LogP contribution >= 0.6 is 0 Å². The molecule has 0 fully saturated rings. The molecule has 2 aromatic carbocycles. The Bertz CT molecular complexity index is 2360. The molecule has 298 valence electrons. The monoisotopic (exact) mass is 769 g/mol. The first-order valence-electron chi connectivity index (χ1n) is 18.8. The fourth-order valence-electron chi connectivity index (χ4n) is 7.97. The van der Waals surface area contributed by atoms with E-state index in [1.54, 1.807) is 64.5 Å². The van der Waals surface area contributed by atoms with Crippen molar-refractivity contribution in [2.45, 2.75) is 85.6 Å². The average Bonchev–Trinajstić information content (AvgIpc) is 3.43. The zero-order valence-electron chi connectivity index (χ0n) is 33.4. The number of aryl methyl sites for hydroxylation is 2. The molecule has 0 saturated heterocycles. The highest BCUT2D eigenvalue weighted by atomic mass is 16.7. The van der Waals surface area contributed by atoms with Crippen molar-refractivity contribution in [3.05, 3.63) is 81.3 Å². The van der Waals surface area contributed by atoms with Crippen LogP contribution in [0.4, 0.5) is 5.69 Å². The van der Waals surface area contributed by atoms with Gasteiger partial charge in [0.15, 0.2) is 0 Å². The van der Waals surface area contributed by atoms with Gasteiger partial charge in [0.05, 0.1) is 64.0 Å². The first-order valence-corrected chi connectivity index (χ1v) is 18.8. The van der Waals surface area contributed by atoms with Crippen LogP contribution in [0.5, 0.6) is 11.5 Å². The average molecular weight is 770 g/mol. The number of fused-ring (bicyclic) bond motifs is 2. The van der Waals surface area contributed by atoms with Gasteiger partial charge in [0.25, 0.3) is 11.7 Å². The molecule has 4 bridgehead atoms. The van der Waals surface area contributed by atoms with Gasteiger partial charge in [0.1, 0.15) is 17.2 Å². The van der Waals surface area contributed by atoms with E-state index in [9.17, 15) is 34.8 Å². The molecule has 2 aromatic rings. The summed E-state index contributed by atoms with van der Waals surface area (Å²) in [6.45, 7) is 13.3. The molecule has 0 saturated carbocycles. The predicted molar refractivity (Wildman–Crippen MR) is 213 cm³/mol. The van der Waals surface area contributed by atoms with E-state index in [0.29, 0.717) is 11.0 Å². The molecular formula is C43H51N3O10. The highest BCUT2D eigenvalue weighted by Gasteiger charge is 2.50. The Labute approximate surface area is 325 Å². The number of carbonyl (C=O) groups is 2. The van der Waals surface area contributed by atoms with E-state index in [2.05, 4.69) is 5.32 Å². The summed E-state index contributed by atoms with van der Waals surface area (Å²) < 4.78 is 19.6. The topological polar surface area (TPSA) is 190 Å². The van der Waals surface area contributed by atoms with Crippen molar-refractivity contribution >= 4 is 39.2 Å². The molecule has 13 heteroatoms. The number of aromatic nitrogens is 2. The lowest BCUT2D eigenvalue weighted by Crippen LogP contribution is -2.44. The molecule has 6 rings (SSSR count). The highest BCUT2D eigenvalue weighted by molar-refractivity contribution is 6.22. The van der Waals surface area contributed by atoms with E-state index in [-0.39, 0.29) is 50.3 Å². The van der Waals surface area contributed by atoms with Gasteiger partial charge in [-0.1, -0.05) is 52.0 Å². The highest BCUT2D eigenvalue weighted by Crippen LogP contribution is 2.50. The normalized spacial score (nSPS) is 31.3. The first kappa shape index (κ1) is 40.6. The van der Waals surface area contributed by atoms with Gasteiger partial charge >= 0.3 is 5.79 Å². The van der Waals surface area contributed by atoms with Crippen LogP contribution in [0.3, 0.4) is 0 Å². The second-order valence-corrected chi connectivity index (χ2v) is 15.6. The number of Topliss-reactive ketones (excluding diaryl/α,β-unsaturated/α-hetero) is 1. The number of ether oxygens (including phenoxy) is 3. The van der Waals surface area contributed by atoms with Gasteiger partial charge in [-0.3, -0.25) is 14.4 Å². The van der Waals surface area contributed by atoms with Crippen LogP contribution in [-0.4, -0.2) is 79.0 Å². The third kappa shape index (κ3) is 6.66. The second-order valence-electron chi connectivity index (χ2n) is 15.6. The number of carbonyl (C=O) groups excluding carboxylic acids is 2. The lowest BCUT2D eigenvalue weighted by molar-refractivity contribution is -0.112. The molecule has 9 atom stereocenters. The van der Waals surface area contributed by atoms with E-state index in [0.717, 1.165) is 5.56 Å². The molecule has 0 radical (unpaired) electrons. The molecule has 56 heavy (non-hydrogen) atoms. The summed E-state index contributed by atoms with van der Waals surface area (Å²) in [4.78, 5) is 48.0. The number of nitrogens with one attached hydrogen (secondary N) is 1. The first-order chi connectivity index (χ1) is 26.3. The number of hydrogen-bond donors (Lipinski definition) is 5. The van der Waals surface area contributed by atoms with Crippen LogP contribution in [0.2, 0.25) is 0 Å². The van der Waals surface area contributed by atoms with E-state index in [1.807, 2.05) is 25.1 Å². The van der Waals surface area contributed by atoms with Gasteiger partial charge in [-0.2, -0.15) is 0 Å². The van der Waals surface area contributed by atoms with Crippen molar-refractivity contribution in [2.75, 3.05) is 12.4 Å². The Hall–Kier alpha value is -5.08. The lowest BCUT2D eigenvalue weighted by atomic mass is 9.78. The molecule has 13 nitrogen and oxygen atoms in total. The minimum Gasteiger partial charge on any atom is -0.507 e. The van der Waals surface area contributed by atoms with Gasteiger partial charge in [0.2, 0.25) is 5.43 Å². The molecule has 3 aliphatic heterocycles. The van der Waals surface area contributed by atoms with Crippen molar-refractivity contribution in [2.24, 2.45) is 30.7 Å². The van der Waals surface area contributed by atoms with E-state index in [4.69, 9.17) is 19.2 Å². The smallest absolute Gasteiger partial charge is 0.312 e. The molecule has 3 heterocycles. The summed E-state index contributed by atoms with van der Waals surface area (Å²) in [5.74, 6) is -6.00. The third-order valence-corrected chi connectivity index (χ3v) is 11.7. The molecule has 0 unspecified atom stereocenters. The Morgan fingerprint density at radius 3 is 2.27 bits per heavy atom. The fraction of sp³-hybridized carbons (Fsp3) is 0.442. The van der Waals surface area contributed by atoms with E-state index < -0.39 is 76.7 Å². The summed E-state index contributed by atoms with van der Waals surface area (Å²) in [6, 6.07) is 5.59. The van der Waals surface area contributed by atoms with Crippen LogP contribution in [0.25, 0.3) is 33.2 Å². The number of aromatic hydroxyl groups is 1. The minimum atomic E-state index is -1.96. The Morgan fingerprint density at radius 2 is 1.59 bits per heavy atom. The van der Waals surface area contributed by atoms with E-state index in [1.165, 1.54) is 33.3 Å². The van der Waals surface area contributed by atoms with Gasteiger partial charge in [0, 0.05) is 61.3 Å². The molecule has 1 aliphatic carbocycles. The zero-order chi connectivity index (χ0) is 41.1. The van der Waals surface area contributed by atoms with Gasteiger partial charge in [-0.15, -0.1) is 0 Å². The Kier molecular flexibility index (Phi) is 10.9. The van der Waals surface area contributed by atoms with Crippen LogP contribution in [0, 0.1) is 37.5 Å². The van der Waals surface area contributed by atoms with Gasteiger partial charge < -0.3 is 44.5 Å². The lowest BCUT2D eigenvalue weighted by Gasteiger charge is -2.36. The summed E-state index contributed by atoms with van der Waals surface area (Å²) in [5, 5.41) is 48.2. The molecule has 0 spiro atoms. The van der Waals surface area contributed by atoms with Crippen molar-refractivity contribution in [3.63, 3.8) is 0 Å². The standard InChI is InChI=1S/C43H51N3O10/c1-19-14-15-26-27(18-19)46(9)34-32(44-26)29-30-38(50)25(7)40-31(29)41(52)43(8,56-40)55-17-16-28(54-10)22(4)36(48)24(6)37(49)23(5)35(47)20(2)12-11-13-21(3)42(53)45-33(34)39(30)51/h11-18,20,22-24,28,35-37,47-50H,1-10H3,(H,45,53)/b12-11+,17-16+,21-13-/t20-,22+,23+,24-,28-,35-,36+,37+,43-/m0/s1. The second kappa shape index (κ2) is 15.1. The SMILES string of the molecule is CO[C@H]1/C=C/O[C@@]2(C)Oc3c(C)c(O)c4c(=O)c(c5n(C)c6cc(C)ccc6nc-5c4c3C2=O)NC(=O)/C(C)=C\C=C\[C@H](C)[C@H](O)[C@@H](C)[C@@H](O)[C@@H](C)[C@H](O)[C@@H]1C. The molecule has 5 N–H and O–H groups in total. The van der Waals surface area contributed by atoms with Crippen molar-refractivity contribution in [3.8, 4) is 22.9 Å². The molecule has 4 aliphatic rings. The van der Waals surface area contributed by atoms with Crippen LogP contribution < -0.4 is 15.5 Å². The number of phenols is 1. The molecule has 0 aromatic heterocycles. The summed E-state index contributed by atoms with van der Waals surface area (Å²) in [5.41, 5.74) is 1.95. The van der Waals surface area contributed by atoms with E-state index >= 15 is 0 Å². The summed E-state index contributed by atoms with van der Waals surface area (Å²) in [7, 11) is 3.19. The number of hydrogen-bond acceptors (Lipinski definition) is 11. The minimum absolute atomic E-state index is 0.0124. The Balaban J connectivity index is 1.61. The van der Waals surface area contributed by atoms with Crippen molar-refractivity contribution in [1.82, 2.24) is 9.55 Å². The number of phenolic OH excluding ortho intramolecular Hbond substituents is 1. The van der Waals surface area contributed by atoms with Gasteiger partial charge in [-0.05, 0) is 44.5 Å². The number of aliphatic hydroxyl groups excluding tert-OH is 3. The maximum Gasteiger partial charge on any atom is 0.312 e. The van der Waals surface area contributed by atoms with Crippen LogP contribution in [0.15, 0.2) is 59.1 Å². The number of benzene rings is 3. The summed E-state index contributed by atoms with van der Waals surface area (Å²) in [6.07, 6.45) is 3.71. The number of ketones is 1. The van der Waals surface area contributed by atoms with Gasteiger partial charge in [-0.25, -0.2) is 4.98 Å². The number of aliphatic hydroxyl groups is 3. The maximum atomic E-state index is 14.7. The molecule has 1 amide bonds. The fourth-order valence-corrected chi connectivity index (χ4v) is 7.97. The zero-order valence-corrected chi connectivity index (χ0v) is 33.4. The quantitative estimate of drug-likeness (QED) is 0.123. The maximum absolute atomic E-state index is 14.7. The largest absolute Gasteiger partial charge is 0.507 e. The third-order valence-electron chi connectivity index (χ3n) is 11.7. The summed E-state index contributed by atoms with van der Waals surface area (Å²) >= 11 is 0. The van der Waals surface area contributed by atoms with Crippen molar-refractivity contribution in [1.29, 1.82) is 0 Å². The number of rotatable bonds is 1. The van der Waals surface area contributed by atoms with Crippen LogP contribution in [-0.2, 0) is 21.3 Å².